The van der Waals surface area contributed by atoms with E-state index in [0.29, 0.717) is 0 Å². The number of benzene rings is 6. The highest BCUT2D eigenvalue weighted by atomic mass is 80.9. The number of alkyl halides is 3. The maximum Gasteiger partial charge on any atom is 0.180 e. The predicted molar refractivity (Wildman–Crippen MR) is 201 cm³/mol. The van der Waals surface area contributed by atoms with Crippen LogP contribution in [0.15, 0.2) is 120 Å². The first-order valence-electron chi connectivity index (χ1n) is 12.4. The van der Waals surface area contributed by atoms with Crippen molar-refractivity contribution in [3.05, 3.63) is 120 Å². The summed E-state index contributed by atoms with van der Waals surface area (Å²) in [5.41, 5.74) is 0. The zero-order valence-corrected chi connectivity index (χ0v) is 29.8. The largest absolute Gasteiger partial charge is 0.180 e. The molecule has 8 aromatic rings. The molecule has 0 amide bonds. The summed E-state index contributed by atoms with van der Waals surface area (Å²) >= 11 is 27.4. The molecule has 0 N–H and O–H groups in total. The number of thiophene rings is 2. The highest BCUT2D eigenvalue weighted by Gasteiger charge is 2.10. The summed E-state index contributed by atoms with van der Waals surface area (Å²) in [7, 11) is 0. The van der Waals surface area contributed by atoms with Gasteiger partial charge in [-0.3, -0.25) is 0 Å². The molecule has 0 fully saturated rings. The fourth-order valence-electron chi connectivity index (χ4n) is 4.96. The summed E-state index contributed by atoms with van der Waals surface area (Å²) in [6.45, 7) is 0. The first-order chi connectivity index (χ1) is 20.0. The van der Waals surface area contributed by atoms with E-state index in [1.165, 1.54) is 66.4 Å². The standard InChI is InChI=1S/C16H9BrS.C16H10S.CHCl3.Br2/c17-14-9-13-11-6-3-4-8-15(11)18-16(13)12-7-2-1-5-10(12)14;1-2-6-12-11(5-1)9-10-14-13-7-3-4-8-15(13)17-16(12)14;2-1(3)4;1-2/h1-9H;1-10H;1H;. The van der Waals surface area contributed by atoms with Gasteiger partial charge in [0.2, 0.25) is 0 Å². The second-order valence-electron chi connectivity index (χ2n) is 8.89. The SMILES string of the molecule is BrBr.Brc1cc2c3ccccc3sc2c2ccccc12.ClC(Cl)Cl.c1ccc2c(c1)ccc1c3ccccc3sc21. The summed E-state index contributed by atoms with van der Waals surface area (Å²) in [5, 5.41) is 10.8. The molecule has 2 heterocycles. The number of fused-ring (bicyclic) bond motifs is 10. The Morgan fingerprint density at radius 3 is 1.49 bits per heavy atom. The van der Waals surface area contributed by atoms with E-state index >= 15 is 0 Å². The van der Waals surface area contributed by atoms with Crippen LogP contribution in [-0.4, -0.2) is 4.30 Å². The lowest BCUT2D eigenvalue weighted by Gasteiger charge is -2.02. The van der Waals surface area contributed by atoms with Gasteiger partial charge in [-0.25, -0.2) is 0 Å². The van der Waals surface area contributed by atoms with Crippen molar-refractivity contribution in [1.29, 1.82) is 0 Å². The molecule has 0 spiro atoms. The Labute approximate surface area is 284 Å². The van der Waals surface area contributed by atoms with Crippen LogP contribution in [0.1, 0.15) is 0 Å². The average molecular weight is 827 g/mol. The van der Waals surface area contributed by atoms with E-state index in [1.54, 1.807) is 0 Å². The van der Waals surface area contributed by atoms with Crippen molar-refractivity contribution in [1.82, 2.24) is 0 Å². The molecular weight excluding hydrogens is 807 g/mol. The molecule has 6 aromatic carbocycles. The molecule has 2 aromatic heterocycles. The molecular formula is C33H20Br3Cl3S2. The van der Waals surface area contributed by atoms with Crippen molar-refractivity contribution in [2.24, 2.45) is 0 Å². The fourth-order valence-corrected chi connectivity index (χ4v) is 7.99. The first kappa shape index (κ1) is 31.0. The van der Waals surface area contributed by atoms with Crippen LogP contribution < -0.4 is 0 Å². The summed E-state index contributed by atoms with van der Waals surface area (Å²) < 4.78 is 5.95. The fraction of sp³-hybridized carbons (Fsp3) is 0.0303. The Morgan fingerprint density at radius 2 is 0.878 bits per heavy atom. The molecule has 0 bridgehead atoms. The molecule has 0 radical (unpaired) electrons. The van der Waals surface area contributed by atoms with Gasteiger partial charge in [-0.1, -0.05) is 148 Å². The molecule has 41 heavy (non-hydrogen) atoms. The third kappa shape index (κ3) is 6.73. The molecule has 0 nitrogen and oxygen atoms in total. The maximum atomic E-state index is 4.81. The lowest BCUT2D eigenvalue weighted by molar-refractivity contribution is 1.78. The highest BCUT2D eigenvalue weighted by molar-refractivity contribution is 9.93. The Morgan fingerprint density at radius 1 is 0.463 bits per heavy atom. The average Bonchev–Trinajstić information content (AvgIpc) is 3.57. The van der Waals surface area contributed by atoms with Crippen molar-refractivity contribution >= 4 is 164 Å². The lowest BCUT2D eigenvalue weighted by Crippen LogP contribution is -1.75. The van der Waals surface area contributed by atoms with Gasteiger partial charge in [0.1, 0.15) is 0 Å². The predicted octanol–water partition coefficient (Wildman–Crippen LogP) is 14.9. The first-order valence-corrected chi connectivity index (χ1v) is 19.8. The van der Waals surface area contributed by atoms with Crippen molar-refractivity contribution in [2.45, 2.75) is 4.30 Å². The zero-order valence-electron chi connectivity index (χ0n) is 21.1. The summed E-state index contributed by atoms with van der Waals surface area (Å²) in [4.78, 5) is 0. The van der Waals surface area contributed by atoms with E-state index in [4.69, 9.17) is 34.8 Å². The highest BCUT2D eigenvalue weighted by Crippen LogP contribution is 2.41. The van der Waals surface area contributed by atoms with Gasteiger partial charge in [-0.2, -0.15) is 0 Å². The van der Waals surface area contributed by atoms with Gasteiger partial charge in [-0.15, -0.1) is 22.7 Å². The number of halogens is 6. The minimum Gasteiger partial charge on any atom is -0.135 e. The topological polar surface area (TPSA) is 0 Å². The smallest absolute Gasteiger partial charge is 0.135 e. The summed E-state index contributed by atoms with van der Waals surface area (Å²) in [5.74, 6) is 0. The minimum atomic E-state index is -0.750. The van der Waals surface area contributed by atoms with Crippen LogP contribution in [0.5, 0.6) is 0 Å². The Kier molecular flexibility index (Phi) is 10.9. The molecule has 0 aliphatic heterocycles. The van der Waals surface area contributed by atoms with Crippen LogP contribution in [0.2, 0.25) is 0 Å². The molecule has 8 rings (SSSR count). The van der Waals surface area contributed by atoms with E-state index in [0.717, 1.165) is 0 Å². The van der Waals surface area contributed by atoms with Gasteiger partial charge in [0, 0.05) is 78.5 Å². The molecule has 0 aliphatic carbocycles. The molecule has 206 valence electrons. The van der Waals surface area contributed by atoms with Crippen molar-refractivity contribution in [2.75, 3.05) is 0 Å². The molecule has 8 heteroatoms. The van der Waals surface area contributed by atoms with Crippen LogP contribution in [0.25, 0.3) is 61.9 Å². The van der Waals surface area contributed by atoms with Gasteiger partial charge in [0.25, 0.3) is 0 Å². The van der Waals surface area contributed by atoms with Crippen LogP contribution in [0, 0.1) is 0 Å². The van der Waals surface area contributed by atoms with E-state index in [-0.39, 0.29) is 0 Å². The van der Waals surface area contributed by atoms with Gasteiger partial charge in [0.15, 0.2) is 4.30 Å². The van der Waals surface area contributed by atoms with Crippen LogP contribution in [-0.2, 0) is 0 Å². The van der Waals surface area contributed by atoms with Gasteiger partial charge in [-0.05, 0) is 34.4 Å². The van der Waals surface area contributed by atoms with Gasteiger partial charge >= 0.3 is 0 Å². The zero-order chi connectivity index (χ0) is 28.9. The van der Waals surface area contributed by atoms with Crippen molar-refractivity contribution < 1.29 is 0 Å². The summed E-state index contributed by atoms with van der Waals surface area (Å²) in [6.07, 6.45) is 0. The third-order valence-electron chi connectivity index (χ3n) is 6.60. The van der Waals surface area contributed by atoms with Crippen LogP contribution >= 0.6 is 102 Å². The summed E-state index contributed by atoms with van der Waals surface area (Å²) in [6, 6.07) is 41.2. The molecule has 0 aliphatic rings. The number of hydrogen-bond donors (Lipinski definition) is 0. The molecule has 0 atom stereocenters. The van der Waals surface area contributed by atoms with Gasteiger partial charge < -0.3 is 0 Å². The second kappa shape index (κ2) is 14.4. The Balaban J connectivity index is 0.000000139. The van der Waals surface area contributed by atoms with Crippen LogP contribution in [0.4, 0.5) is 0 Å². The molecule has 0 saturated heterocycles. The quantitative estimate of drug-likeness (QED) is 0.134. The lowest BCUT2D eigenvalue weighted by atomic mass is 10.1. The van der Waals surface area contributed by atoms with E-state index in [9.17, 15) is 0 Å². The van der Waals surface area contributed by atoms with Crippen molar-refractivity contribution in [3.63, 3.8) is 0 Å². The number of hydrogen-bond acceptors (Lipinski definition) is 2. The van der Waals surface area contributed by atoms with Crippen molar-refractivity contribution in [3.8, 4) is 0 Å². The number of rotatable bonds is 0. The van der Waals surface area contributed by atoms with E-state index in [2.05, 4.69) is 159 Å². The minimum absolute atomic E-state index is 0.750. The Hall–Kier alpha value is -1.41. The Bertz CT molecular complexity index is 2100. The van der Waals surface area contributed by atoms with E-state index < -0.39 is 4.30 Å². The molecule has 0 saturated carbocycles. The van der Waals surface area contributed by atoms with E-state index in [1.807, 2.05) is 22.7 Å². The van der Waals surface area contributed by atoms with Crippen LogP contribution in [0.3, 0.4) is 0 Å². The normalized spacial score (nSPS) is 10.9. The van der Waals surface area contributed by atoms with Gasteiger partial charge in [0.05, 0.1) is 0 Å². The second-order valence-corrected chi connectivity index (χ2v) is 13.8. The maximum absolute atomic E-state index is 4.81. The molecule has 0 unspecified atom stereocenters. The third-order valence-corrected chi connectivity index (χ3v) is 9.70. The monoisotopic (exact) mass is 822 g/mol.